The van der Waals surface area contributed by atoms with Crippen LogP contribution in [0.15, 0.2) is 11.1 Å². The maximum absolute atomic E-state index is 13.4. The molecule has 2 heterocycles. The molecule has 1 N–H and O–H groups in total. The monoisotopic (exact) mass is 456 g/mol. The summed E-state index contributed by atoms with van der Waals surface area (Å²) < 4.78 is 12.3. The second-order valence-corrected chi connectivity index (χ2v) is 12.7. The van der Waals surface area contributed by atoms with Crippen molar-refractivity contribution in [3.63, 3.8) is 0 Å². The number of ether oxygens (including phenoxy) is 2. The first-order valence-corrected chi connectivity index (χ1v) is 13.4. The maximum atomic E-state index is 13.4. The number of hydrogen-bond acceptors (Lipinski definition) is 5. The Morgan fingerprint density at radius 1 is 1.12 bits per heavy atom. The Morgan fingerprint density at radius 3 is 2.64 bits per heavy atom. The number of aliphatic hydroxyl groups is 1. The van der Waals surface area contributed by atoms with Crippen molar-refractivity contribution in [3.8, 4) is 0 Å². The summed E-state index contributed by atoms with van der Waals surface area (Å²) in [7, 11) is 0. The molecule has 0 aromatic rings. The first kappa shape index (κ1) is 22.3. The molecule has 2 aliphatic heterocycles. The fourth-order valence-corrected chi connectivity index (χ4v) is 10.0. The van der Waals surface area contributed by atoms with Crippen molar-refractivity contribution in [1.29, 1.82) is 0 Å². The fourth-order valence-electron chi connectivity index (χ4n) is 10.0. The molecule has 0 bridgehead atoms. The smallest absolute Gasteiger partial charge is 0.336 e. The van der Waals surface area contributed by atoms with Gasteiger partial charge in [0.1, 0.15) is 17.5 Å². The number of ketones is 1. The lowest BCUT2D eigenvalue weighted by atomic mass is 9.44. The normalized spacial score (nSPS) is 51.8. The predicted molar refractivity (Wildman–Crippen MR) is 123 cm³/mol. The van der Waals surface area contributed by atoms with E-state index in [0.29, 0.717) is 40.9 Å². The Kier molecular flexibility index (Phi) is 4.83. The topological polar surface area (TPSA) is 76.1 Å². The molecule has 5 nitrogen and oxygen atoms in total. The SMILES string of the molecule is CC1=C(CO)C(=O)OC(C(C)C2CCC3C4CC5OC56CCCC(=O)C6(C)C4CCC23C)C1. The highest BCUT2D eigenvalue weighted by molar-refractivity contribution is 5.90. The molecule has 5 heteroatoms. The van der Waals surface area contributed by atoms with Crippen LogP contribution in [-0.4, -0.2) is 41.3 Å². The number of hydrogen-bond donors (Lipinski definition) is 1. The molecular weight excluding hydrogens is 416 g/mol. The number of carbonyl (C=O) groups excluding carboxylic acids is 2. The highest BCUT2D eigenvalue weighted by atomic mass is 16.6. The average Bonchev–Trinajstić information content (AvgIpc) is 3.36. The van der Waals surface area contributed by atoms with Crippen molar-refractivity contribution in [2.45, 2.75) is 103 Å². The van der Waals surface area contributed by atoms with Gasteiger partial charge in [0.2, 0.25) is 0 Å². The van der Waals surface area contributed by atoms with Gasteiger partial charge >= 0.3 is 5.97 Å². The van der Waals surface area contributed by atoms with Crippen molar-refractivity contribution in [2.24, 2.45) is 40.4 Å². The van der Waals surface area contributed by atoms with Crippen LogP contribution in [0.25, 0.3) is 0 Å². The zero-order valence-corrected chi connectivity index (χ0v) is 20.7. The summed E-state index contributed by atoms with van der Waals surface area (Å²) in [6.07, 6.45) is 9.53. The number of esters is 1. The summed E-state index contributed by atoms with van der Waals surface area (Å²) in [5, 5.41) is 9.53. The standard InChI is InChI=1S/C28H40O5/c1-15-12-22(32-25(31)18(15)14-29)16(2)19-7-8-20-17-13-24-28(33-24)10-5-6-23(30)27(28,4)21(17)9-11-26(19,20)3/h16-17,19-22,24,29H,5-14H2,1-4H3. The molecule has 6 rings (SSSR count). The van der Waals surface area contributed by atoms with E-state index in [1.54, 1.807) is 0 Å². The van der Waals surface area contributed by atoms with Crippen LogP contribution in [0.2, 0.25) is 0 Å². The molecule has 4 aliphatic carbocycles. The lowest BCUT2D eigenvalue weighted by molar-refractivity contribution is -0.156. The van der Waals surface area contributed by atoms with Gasteiger partial charge in [-0.1, -0.05) is 19.4 Å². The van der Waals surface area contributed by atoms with Crippen LogP contribution in [0.3, 0.4) is 0 Å². The van der Waals surface area contributed by atoms with E-state index in [1.165, 1.54) is 12.8 Å². The molecule has 6 aliphatic rings. The molecule has 0 aromatic heterocycles. The van der Waals surface area contributed by atoms with Gasteiger partial charge in [0, 0.05) is 12.8 Å². The molecule has 10 unspecified atom stereocenters. The van der Waals surface area contributed by atoms with Gasteiger partial charge in [0.15, 0.2) is 0 Å². The van der Waals surface area contributed by atoms with E-state index in [4.69, 9.17) is 9.47 Å². The van der Waals surface area contributed by atoms with Crippen molar-refractivity contribution in [2.75, 3.05) is 6.61 Å². The quantitative estimate of drug-likeness (QED) is 0.496. The Balaban J connectivity index is 1.26. The molecule has 182 valence electrons. The average molecular weight is 457 g/mol. The lowest BCUT2D eigenvalue weighted by Gasteiger charge is -2.58. The number of rotatable bonds is 3. The number of epoxide rings is 1. The highest BCUT2D eigenvalue weighted by Gasteiger charge is 2.77. The molecule has 5 fully saturated rings. The van der Waals surface area contributed by atoms with Crippen LogP contribution in [0, 0.1) is 40.4 Å². The summed E-state index contributed by atoms with van der Waals surface area (Å²) in [4.78, 5) is 25.8. The molecular formula is C28H40O5. The van der Waals surface area contributed by atoms with Gasteiger partial charge in [0.25, 0.3) is 0 Å². The van der Waals surface area contributed by atoms with Crippen LogP contribution < -0.4 is 0 Å². The third-order valence-electron chi connectivity index (χ3n) is 11.9. The molecule has 33 heavy (non-hydrogen) atoms. The van der Waals surface area contributed by atoms with Crippen LogP contribution in [0.1, 0.15) is 85.5 Å². The second kappa shape index (κ2) is 7.16. The number of carbonyl (C=O) groups is 2. The third kappa shape index (κ3) is 2.73. The van der Waals surface area contributed by atoms with Gasteiger partial charge in [-0.15, -0.1) is 0 Å². The minimum absolute atomic E-state index is 0.102. The van der Waals surface area contributed by atoms with E-state index < -0.39 is 0 Å². The summed E-state index contributed by atoms with van der Waals surface area (Å²) in [5.74, 6) is 2.61. The van der Waals surface area contributed by atoms with Crippen LogP contribution >= 0.6 is 0 Å². The first-order chi connectivity index (χ1) is 15.7. The molecule has 10 atom stereocenters. The Hall–Kier alpha value is -1.20. The van der Waals surface area contributed by atoms with Gasteiger partial charge in [0.05, 0.1) is 23.7 Å². The maximum Gasteiger partial charge on any atom is 0.336 e. The number of cyclic esters (lactones) is 1. The van der Waals surface area contributed by atoms with E-state index in [2.05, 4.69) is 20.8 Å². The minimum Gasteiger partial charge on any atom is -0.458 e. The largest absolute Gasteiger partial charge is 0.458 e. The first-order valence-electron chi connectivity index (χ1n) is 13.4. The number of Topliss-reactive ketones (excluding diaryl/α,β-unsaturated/α-hetero) is 1. The van der Waals surface area contributed by atoms with E-state index in [0.717, 1.165) is 50.5 Å². The van der Waals surface area contributed by atoms with Gasteiger partial charge in [-0.3, -0.25) is 4.79 Å². The second-order valence-electron chi connectivity index (χ2n) is 12.7. The predicted octanol–water partition coefficient (Wildman–Crippen LogP) is 4.61. The molecule has 4 saturated carbocycles. The molecule has 0 radical (unpaired) electrons. The van der Waals surface area contributed by atoms with Gasteiger partial charge in [-0.2, -0.15) is 0 Å². The summed E-state index contributed by atoms with van der Waals surface area (Å²) in [6.45, 7) is 8.76. The highest BCUT2D eigenvalue weighted by Crippen LogP contribution is 2.73. The summed E-state index contributed by atoms with van der Waals surface area (Å²) in [5.41, 5.74) is 1.21. The molecule has 0 amide bonds. The van der Waals surface area contributed by atoms with Crippen molar-refractivity contribution >= 4 is 11.8 Å². The Labute approximate surface area is 197 Å². The summed E-state index contributed by atoms with van der Waals surface area (Å²) in [6, 6.07) is 0. The Morgan fingerprint density at radius 2 is 1.91 bits per heavy atom. The fraction of sp³-hybridized carbons (Fsp3) is 0.857. The molecule has 1 saturated heterocycles. The number of aliphatic hydroxyl groups excluding tert-OH is 1. The zero-order valence-electron chi connectivity index (χ0n) is 20.7. The van der Waals surface area contributed by atoms with Crippen LogP contribution in [-0.2, 0) is 19.1 Å². The number of fused-ring (bicyclic) bond motifs is 4. The van der Waals surface area contributed by atoms with Crippen molar-refractivity contribution < 1.29 is 24.2 Å². The summed E-state index contributed by atoms with van der Waals surface area (Å²) >= 11 is 0. The molecule has 0 aromatic carbocycles. The van der Waals surface area contributed by atoms with Crippen LogP contribution in [0.4, 0.5) is 0 Å². The van der Waals surface area contributed by atoms with Crippen molar-refractivity contribution in [3.05, 3.63) is 11.1 Å². The molecule has 1 spiro atoms. The van der Waals surface area contributed by atoms with E-state index in [-0.39, 0.29) is 41.2 Å². The minimum atomic E-state index is -0.334. The Bertz CT molecular complexity index is 923. The lowest BCUT2D eigenvalue weighted by Crippen LogP contribution is -2.60. The van der Waals surface area contributed by atoms with Gasteiger partial charge < -0.3 is 14.6 Å². The van der Waals surface area contributed by atoms with Crippen LogP contribution in [0.5, 0.6) is 0 Å². The van der Waals surface area contributed by atoms with E-state index in [1.807, 2.05) is 6.92 Å². The van der Waals surface area contributed by atoms with E-state index in [9.17, 15) is 14.7 Å². The van der Waals surface area contributed by atoms with Gasteiger partial charge in [-0.25, -0.2) is 4.79 Å². The van der Waals surface area contributed by atoms with E-state index >= 15 is 0 Å². The van der Waals surface area contributed by atoms with Crippen molar-refractivity contribution in [1.82, 2.24) is 0 Å². The van der Waals surface area contributed by atoms with Gasteiger partial charge in [-0.05, 0) is 93.8 Å². The zero-order chi connectivity index (χ0) is 23.3. The third-order valence-corrected chi connectivity index (χ3v) is 11.9.